The Morgan fingerprint density at radius 2 is 2.14 bits per heavy atom. The fraction of sp³-hybridized carbons (Fsp3) is 0.400. The number of hydrogen-bond donors (Lipinski definition) is 2. The lowest BCUT2D eigenvalue weighted by atomic mass is 10.0. The number of halogens is 1. The van der Waals surface area contributed by atoms with Crippen molar-refractivity contribution in [2.24, 2.45) is 5.73 Å². The normalized spacial score (nSPS) is 12.6. The Hall–Kier alpha value is -0.930. The third-order valence-electron chi connectivity index (χ3n) is 2.16. The molecule has 0 aliphatic carbocycles. The van der Waals surface area contributed by atoms with Gasteiger partial charge in [-0.15, -0.1) is 0 Å². The van der Waals surface area contributed by atoms with Crippen molar-refractivity contribution in [2.45, 2.75) is 19.9 Å². The first-order chi connectivity index (χ1) is 6.49. The van der Waals surface area contributed by atoms with E-state index in [0.29, 0.717) is 21.9 Å². The van der Waals surface area contributed by atoms with Crippen molar-refractivity contribution in [3.63, 3.8) is 0 Å². The largest absolute Gasteiger partial charge is 0.507 e. The zero-order valence-corrected chi connectivity index (χ0v) is 9.22. The summed E-state index contributed by atoms with van der Waals surface area (Å²) in [6.07, 6.45) is 0. The summed E-state index contributed by atoms with van der Waals surface area (Å²) in [6, 6.07) is 1.38. The van der Waals surface area contributed by atoms with Gasteiger partial charge in [0.2, 0.25) is 0 Å². The summed E-state index contributed by atoms with van der Waals surface area (Å²) in [6.45, 7) is 3.53. The second-order valence-electron chi connectivity index (χ2n) is 3.24. The van der Waals surface area contributed by atoms with Crippen LogP contribution in [0.25, 0.3) is 0 Å². The zero-order valence-electron chi connectivity index (χ0n) is 8.47. The van der Waals surface area contributed by atoms with E-state index >= 15 is 0 Å². The van der Waals surface area contributed by atoms with Gasteiger partial charge in [0.05, 0.1) is 12.1 Å². The molecule has 1 aromatic carbocycles. The zero-order chi connectivity index (χ0) is 10.9. The minimum absolute atomic E-state index is 0.154. The first kappa shape index (κ1) is 11.1. The molecule has 78 valence electrons. The molecular formula is C10H14ClNO2. The van der Waals surface area contributed by atoms with E-state index in [4.69, 9.17) is 22.1 Å². The average Bonchev–Trinajstić information content (AvgIpc) is 2.12. The average molecular weight is 216 g/mol. The van der Waals surface area contributed by atoms with E-state index in [1.165, 1.54) is 7.11 Å². The number of aromatic hydroxyl groups is 1. The van der Waals surface area contributed by atoms with Crippen molar-refractivity contribution in [3.8, 4) is 11.5 Å². The molecule has 3 nitrogen and oxygen atoms in total. The summed E-state index contributed by atoms with van der Waals surface area (Å²) in [7, 11) is 1.51. The number of nitrogens with two attached hydrogens (primary N) is 1. The lowest BCUT2D eigenvalue weighted by Crippen LogP contribution is -2.06. The highest BCUT2D eigenvalue weighted by Gasteiger charge is 2.15. The number of ether oxygens (including phenoxy) is 1. The van der Waals surface area contributed by atoms with Crippen LogP contribution >= 0.6 is 11.6 Å². The molecule has 14 heavy (non-hydrogen) atoms. The van der Waals surface area contributed by atoms with E-state index in [1.54, 1.807) is 19.9 Å². The van der Waals surface area contributed by atoms with Gasteiger partial charge in [-0.25, -0.2) is 0 Å². The standard InChI is InChI=1S/C10H14ClNO2/c1-5-9(13)7(6(2)12)4-8(11)10(5)14-3/h4,6,13H,12H2,1-3H3. The van der Waals surface area contributed by atoms with E-state index in [0.717, 1.165) is 0 Å². The van der Waals surface area contributed by atoms with Crippen molar-refractivity contribution in [1.82, 2.24) is 0 Å². The molecule has 0 bridgehead atoms. The van der Waals surface area contributed by atoms with E-state index in [-0.39, 0.29) is 11.8 Å². The molecule has 0 aliphatic heterocycles. The Kier molecular flexibility index (Phi) is 3.24. The van der Waals surface area contributed by atoms with Gasteiger partial charge in [-0.3, -0.25) is 0 Å². The lowest BCUT2D eigenvalue weighted by molar-refractivity contribution is 0.400. The van der Waals surface area contributed by atoms with E-state index in [2.05, 4.69) is 0 Å². The van der Waals surface area contributed by atoms with Gasteiger partial charge in [0, 0.05) is 17.2 Å². The first-order valence-electron chi connectivity index (χ1n) is 4.30. The molecule has 3 N–H and O–H groups in total. The summed E-state index contributed by atoms with van der Waals surface area (Å²) < 4.78 is 5.06. The Morgan fingerprint density at radius 1 is 1.57 bits per heavy atom. The predicted octanol–water partition coefficient (Wildman–Crippen LogP) is 2.38. The van der Waals surface area contributed by atoms with Crippen LogP contribution in [-0.2, 0) is 0 Å². The molecule has 0 amide bonds. The van der Waals surface area contributed by atoms with Gasteiger partial charge in [-0.2, -0.15) is 0 Å². The van der Waals surface area contributed by atoms with Crippen LogP contribution in [0.4, 0.5) is 0 Å². The Bertz CT molecular complexity index is 350. The van der Waals surface area contributed by atoms with Gasteiger partial charge in [-0.05, 0) is 19.9 Å². The fourth-order valence-electron chi connectivity index (χ4n) is 1.37. The maximum atomic E-state index is 9.79. The molecular weight excluding hydrogens is 202 g/mol. The highest BCUT2D eigenvalue weighted by Crippen LogP contribution is 2.38. The topological polar surface area (TPSA) is 55.5 Å². The van der Waals surface area contributed by atoms with E-state index in [9.17, 15) is 5.11 Å². The quantitative estimate of drug-likeness (QED) is 0.797. The second kappa shape index (κ2) is 4.07. The summed E-state index contributed by atoms with van der Waals surface area (Å²) in [5.74, 6) is 0.648. The summed E-state index contributed by atoms with van der Waals surface area (Å²) in [4.78, 5) is 0. The number of hydrogen-bond acceptors (Lipinski definition) is 3. The first-order valence-corrected chi connectivity index (χ1v) is 4.68. The minimum Gasteiger partial charge on any atom is -0.507 e. The van der Waals surface area contributed by atoms with Crippen molar-refractivity contribution in [1.29, 1.82) is 0 Å². The second-order valence-corrected chi connectivity index (χ2v) is 3.65. The summed E-state index contributed by atoms with van der Waals surface area (Å²) >= 11 is 5.96. The lowest BCUT2D eigenvalue weighted by Gasteiger charge is -2.15. The SMILES string of the molecule is COc1c(Cl)cc(C(C)N)c(O)c1C. The number of phenols is 1. The highest BCUT2D eigenvalue weighted by molar-refractivity contribution is 6.32. The molecule has 0 aliphatic rings. The van der Waals surface area contributed by atoms with Crippen molar-refractivity contribution in [2.75, 3.05) is 7.11 Å². The third-order valence-corrected chi connectivity index (χ3v) is 2.44. The monoisotopic (exact) mass is 215 g/mol. The van der Waals surface area contributed by atoms with Gasteiger partial charge >= 0.3 is 0 Å². The molecule has 4 heteroatoms. The molecule has 1 unspecified atom stereocenters. The summed E-state index contributed by atoms with van der Waals surface area (Å²) in [5, 5.41) is 10.3. The molecule has 1 atom stereocenters. The summed E-state index contributed by atoms with van der Waals surface area (Å²) in [5.41, 5.74) is 6.93. The van der Waals surface area contributed by atoms with Crippen molar-refractivity contribution >= 4 is 11.6 Å². The molecule has 1 rings (SSSR count). The van der Waals surface area contributed by atoms with E-state index in [1.807, 2.05) is 0 Å². The van der Waals surface area contributed by atoms with Crippen LogP contribution < -0.4 is 10.5 Å². The number of rotatable bonds is 2. The number of methoxy groups -OCH3 is 1. The van der Waals surface area contributed by atoms with Crippen molar-refractivity contribution in [3.05, 3.63) is 22.2 Å². The molecule has 0 saturated heterocycles. The van der Waals surface area contributed by atoms with Gasteiger partial charge < -0.3 is 15.6 Å². The smallest absolute Gasteiger partial charge is 0.144 e. The van der Waals surface area contributed by atoms with Crippen LogP contribution in [-0.4, -0.2) is 12.2 Å². The highest BCUT2D eigenvalue weighted by atomic mass is 35.5. The molecule has 0 fully saturated rings. The van der Waals surface area contributed by atoms with Crippen LogP contribution in [0.5, 0.6) is 11.5 Å². The molecule has 0 saturated carbocycles. The van der Waals surface area contributed by atoms with Crippen LogP contribution in [0, 0.1) is 6.92 Å². The van der Waals surface area contributed by atoms with Crippen LogP contribution in [0.15, 0.2) is 6.07 Å². The molecule has 0 spiro atoms. The van der Waals surface area contributed by atoms with E-state index < -0.39 is 0 Å². The van der Waals surface area contributed by atoms with Crippen LogP contribution in [0.3, 0.4) is 0 Å². The maximum absolute atomic E-state index is 9.79. The Balaban J connectivity index is 3.40. The maximum Gasteiger partial charge on any atom is 0.144 e. The predicted molar refractivity (Wildman–Crippen MR) is 57.0 cm³/mol. The molecule has 0 aromatic heterocycles. The minimum atomic E-state index is -0.253. The molecule has 0 heterocycles. The molecule has 1 aromatic rings. The Labute approximate surface area is 88.4 Å². The molecule has 0 radical (unpaired) electrons. The fourth-order valence-corrected chi connectivity index (χ4v) is 1.71. The van der Waals surface area contributed by atoms with Gasteiger partial charge in [0.25, 0.3) is 0 Å². The number of benzene rings is 1. The van der Waals surface area contributed by atoms with Gasteiger partial charge in [0.15, 0.2) is 0 Å². The number of phenolic OH excluding ortho intramolecular Hbond substituents is 1. The van der Waals surface area contributed by atoms with Crippen LogP contribution in [0.1, 0.15) is 24.1 Å². The third kappa shape index (κ3) is 1.79. The van der Waals surface area contributed by atoms with Crippen LogP contribution in [0.2, 0.25) is 5.02 Å². The van der Waals surface area contributed by atoms with Gasteiger partial charge in [0.1, 0.15) is 11.5 Å². The Morgan fingerprint density at radius 3 is 2.57 bits per heavy atom. The van der Waals surface area contributed by atoms with Gasteiger partial charge in [-0.1, -0.05) is 11.6 Å². The van der Waals surface area contributed by atoms with Crippen molar-refractivity contribution < 1.29 is 9.84 Å².